The molecule has 0 bridgehead atoms. The van der Waals surface area contributed by atoms with Gasteiger partial charge in [0.2, 0.25) is 0 Å². The van der Waals surface area contributed by atoms with Gasteiger partial charge < -0.3 is 0 Å². The van der Waals surface area contributed by atoms with Gasteiger partial charge in [-0.3, -0.25) is 5.84 Å². The van der Waals surface area contributed by atoms with Gasteiger partial charge in [-0.2, -0.15) is 0 Å². The Bertz CT molecular complexity index is 584. The van der Waals surface area contributed by atoms with Crippen molar-refractivity contribution in [2.75, 3.05) is 0 Å². The Morgan fingerprint density at radius 2 is 1.58 bits per heavy atom. The van der Waals surface area contributed by atoms with Gasteiger partial charge in [-0.1, -0.05) is 18.2 Å². The van der Waals surface area contributed by atoms with Crippen LogP contribution in [0.15, 0.2) is 40.9 Å². The van der Waals surface area contributed by atoms with E-state index >= 15 is 0 Å². The first-order valence-corrected chi connectivity index (χ1v) is 6.19. The summed E-state index contributed by atoms with van der Waals surface area (Å²) in [6, 6.07) is 6.78. The Labute approximate surface area is 116 Å². The molecule has 1 unspecified atom stereocenters. The smallest absolute Gasteiger partial charge is 0.142 e. The molecule has 0 fully saturated rings. The zero-order chi connectivity index (χ0) is 14.0. The molecule has 1 atom stereocenters. The molecular weight excluding hydrogens is 321 g/mol. The summed E-state index contributed by atoms with van der Waals surface area (Å²) in [7, 11) is 0. The molecule has 0 aliphatic heterocycles. The minimum Gasteiger partial charge on any atom is -0.271 e. The fourth-order valence-electron chi connectivity index (χ4n) is 1.86. The van der Waals surface area contributed by atoms with Crippen LogP contribution in [0.4, 0.5) is 13.2 Å². The molecule has 0 saturated heterocycles. The maximum atomic E-state index is 14.0. The predicted octanol–water partition coefficient (Wildman–Crippen LogP) is 3.42. The average molecular weight is 331 g/mol. The molecule has 0 spiro atoms. The summed E-state index contributed by atoms with van der Waals surface area (Å²) in [5.74, 6) is 3.13. The van der Waals surface area contributed by atoms with Crippen molar-refractivity contribution in [3.63, 3.8) is 0 Å². The minimum atomic E-state index is -1.11. The summed E-state index contributed by atoms with van der Waals surface area (Å²) in [4.78, 5) is 0. The first-order valence-electron chi connectivity index (χ1n) is 5.40. The van der Waals surface area contributed by atoms with Crippen LogP contribution < -0.4 is 11.3 Å². The Kier molecular flexibility index (Phi) is 4.24. The third kappa shape index (κ3) is 2.65. The zero-order valence-corrected chi connectivity index (χ0v) is 11.2. The highest BCUT2D eigenvalue weighted by atomic mass is 79.9. The van der Waals surface area contributed by atoms with E-state index in [-0.39, 0.29) is 15.6 Å². The minimum absolute atomic E-state index is 0.0564. The highest BCUT2D eigenvalue weighted by Crippen LogP contribution is 2.30. The number of halogens is 4. The monoisotopic (exact) mass is 330 g/mol. The number of hydrazine groups is 1. The molecule has 0 aliphatic rings. The van der Waals surface area contributed by atoms with Crippen LogP contribution in [0.3, 0.4) is 0 Å². The number of nitrogens with two attached hydrogens (primary N) is 1. The Hall–Kier alpha value is -1.37. The summed E-state index contributed by atoms with van der Waals surface area (Å²) >= 11 is 3.02. The van der Waals surface area contributed by atoms with Crippen molar-refractivity contribution in [1.82, 2.24) is 5.43 Å². The summed E-state index contributed by atoms with van der Waals surface area (Å²) in [5, 5.41) is 0. The number of hydrogen-bond acceptors (Lipinski definition) is 2. The largest absolute Gasteiger partial charge is 0.271 e. The van der Waals surface area contributed by atoms with Gasteiger partial charge in [-0.25, -0.2) is 18.6 Å². The summed E-state index contributed by atoms with van der Waals surface area (Å²) in [6.45, 7) is 0. The topological polar surface area (TPSA) is 38.0 Å². The first-order chi connectivity index (χ1) is 9.06. The molecule has 2 aromatic rings. The molecule has 0 radical (unpaired) electrons. The second-order valence-corrected chi connectivity index (χ2v) is 4.73. The Morgan fingerprint density at radius 1 is 1.00 bits per heavy atom. The second kappa shape index (κ2) is 5.73. The molecule has 6 heteroatoms. The quantitative estimate of drug-likeness (QED) is 0.668. The maximum Gasteiger partial charge on any atom is 0.142 e. The average Bonchev–Trinajstić information content (AvgIpc) is 2.38. The third-order valence-electron chi connectivity index (χ3n) is 2.75. The number of rotatable bonds is 3. The van der Waals surface area contributed by atoms with Crippen LogP contribution in [0.1, 0.15) is 17.2 Å². The van der Waals surface area contributed by atoms with Gasteiger partial charge >= 0.3 is 0 Å². The van der Waals surface area contributed by atoms with Crippen molar-refractivity contribution in [2.24, 2.45) is 5.84 Å². The van der Waals surface area contributed by atoms with Crippen molar-refractivity contribution in [3.8, 4) is 0 Å². The number of hydrogen-bond donors (Lipinski definition) is 2. The van der Waals surface area contributed by atoms with Gasteiger partial charge in [0.1, 0.15) is 17.5 Å². The van der Waals surface area contributed by atoms with Crippen LogP contribution in [0, 0.1) is 17.5 Å². The molecular formula is C13H10BrF3N2. The molecule has 2 nitrogen and oxygen atoms in total. The van der Waals surface area contributed by atoms with Crippen LogP contribution in [0.2, 0.25) is 0 Å². The van der Waals surface area contributed by atoms with Crippen molar-refractivity contribution in [3.05, 3.63) is 69.4 Å². The highest BCUT2D eigenvalue weighted by molar-refractivity contribution is 9.10. The van der Waals surface area contributed by atoms with E-state index in [0.29, 0.717) is 0 Å². The summed E-state index contributed by atoms with van der Waals surface area (Å²) < 4.78 is 41.7. The van der Waals surface area contributed by atoms with Crippen LogP contribution in [-0.2, 0) is 0 Å². The summed E-state index contributed by atoms with van der Waals surface area (Å²) in [6.07, 6.45) is 0. The number of nitrogens with one attached hydrogen (secondary N) is 1. The van der Waals surface area contributed by atoms with E-state index in [1.165, 1.54) is 18.2 Å². The lowest BCUT2D eigenvalue weighted by Gasteiger charge is -2.19. The first kappa shape index (κ1) is 14.0. The molecule has 2 aromatic carbocycles. The molecule has 0 saturated carbocycles. The van der Waals surface area contributed by atoms with Gasteiger partial charge in [0.05, 0.1) is 10.5 Å². The van der Waals surface area contributed by atoms with Gasteiger partial charge in [0.15, 0.2) is 0 Å². The number of benzene rings is 2. The molecule has 19 heavy (non-hydrogen) atoms. The Balaban J connectivity index is 2.60. The lowest BCUT2D eigenvalue weighted by Crippen LogP contribution is -2.31. The maximum absolute atomic E-state index is 14.0. The molecule has 2 rings (SSSR count). The lowest BCUT2D eigenvalue weighted by atomic mass is 9.98. The molecule has 0 aromatic heterocycles. The lowest BCUT2D eigenvalue weighted by molar-refractivity contribution is 0.494. The van der Waals surface area contributed by atoms with Crippen LogP contribution in [0.25, 0.3) is 0 Å². The summed E-state index contributed by atoms with van der Waals surface area (Å²) in [5.41, 5.74) is 1.98. The molecule has 100 valence electrons. The molecule has 0 aliphatic carbocycles. The molecule has 3 N–H and O–H groups in total. The van der Waals surface area contributed by atoms with E-state index in [9.17, 15) is 13.2 Å². The fourth-order valence-corrected chi connectivity index (χ4v) is 2.24. The van der Waals surface area contributed by atoms with E-state index in [1.54, 1.807) is 6.07 Å². The van der Waals surface area contributed by atoms with Crippen molar-refractivity contribution < 1.29 is 13.2 Å². The standard InChI is InChI=1S/C13H10BrF3N2/c14-8-4-1-3-7(12(8)17)13(19-18)11-9(15)5-2-6-10(11)16/h1-6,13,19H,18H2. The highest BCUT2D eigenvalue weighted by Gasteiger charge is 2.24. The third-order valence-corrected chi connectivity index (χ3v) is 3.36. The normalized spacial score (nSPS) is 12.5. The Morgan fingerprint density at radius 3 is 2.16 bits per heavy atom. The van der Waals surface area contributed by atoms with Crippen molar-refractivity contribution in [2.45, 2.75) is 6.04 Å². The van der Waals surface area contributed by atoms with E-state index in [2.05, 4.69) is 21.4 Å². The van der Waals surface area contributed by atoms with Crippen LogP contribution in [-0.4, -0.2) is 0 Å². The van der Waals surface area contributed by atoms with E-state index < -0.39 is 23.5 Å². The second-order valence-electron chi connectivity index (χ2n) is 3.88. The SMILES string of the molecule is NNC(c1cccc(Br)c1F)c1c(F)cccc1F. The van der Waals surface area contributed by atoms with Crippen molar-refractivity contribution in [1.29, 1.82) is 0 Å². The van der Waals surface area contributed by atoms with Gasteiger partial charge in [-0.05, 0) is 34.1 Å². The predicted molar refractivity (Wildman–Crippen MR) is 69.6 cm³/mol. The molecule has 0 heterocycles. The van der Waals surface area contributed by atoms with Crippen LogP contribution in [0.5, 0.6) is 0 Å². The van der Waals surface area contributed by atoms with Gasteiger partial charge in [0.25, 0.3) is 0 Å². The zero-order valence-electron chi connectivity index (χ0n) is 9.63. The van der Waals surface area contributed by atoms with E-state index in [0.717, 1.165) is 12.1 Å². The van der Waals surface area contributed by atoms with Crippen LogP contribution >= 0.6 is 15.9 Å². The van der Waals surface area contributed by atoms with E-state index in [4.69, 9.17) is 5.84 Å². The van der Waals surface area contributed by atoms with Crippen molar-refractivity contribution >= 4 is 15.9 Å². The molecule has 0 amide bonds. The van der Waals surface area contributed by atoms with Gasteiger partial charge in [-0.15, -0.1) is 0 Å². The van der Waals surface area contributed by atoms with Gasteiger partial charge in [0, 0.05) is 11.1 Å². The van der Waals surface area contributed by atoms with E-state index in [1.807, 2.05) is 0 Å². The fraction of sp³-hybridized carbons (Fsp3) is 0.0769.